The number of nitrogens with one attached hydrogen (secondary N) is 2. The number of ether oxygens (including phenoxy) is 1. The quantitative estimate of drug-likeness (QED) is 0.889. The van der Waals surface area contributed by atoms with Gasteiger partial charge in [0.25, 0.3) is 0 Å². The molecule has 1 unspecified atom stereocenters. The van der Waals surface area contributed by atoms with Gasteiger partial charge in [-0.2, -0.15) is 0 Å². The standard InChI is InChI=1S/C15H17N3O3/c1-18-9-11(21-15(18)20)8-17-14(19)6-10-7-16-13-5-3-2-4-12(10)13/h2-5,7,11,16H,6,8-9H2,1H3,(H,17,19). The summed E-state index contributed by atoms with van der Waals surface area (Å²) in [6.07, 6.45) is 1.55. The Morgan fingerprint density at radius 2 is 2.29 bits per heavy atom. The van der Waals surface area contributed by atoms with Crippen LogP contribution in [0.1, 0.15) is 5.56 Å². The highest BCUT2D eigenvalue weighted by Crippen LogP contribution is 2.18. The lowest BCUT2D eigenvalue weighted by atomic mass is 10.1. The van der Waals surface area contributed by atoms with Crippen molar-refractivity contribution in [2.45, 2.75) is 12.5 Å². The highest BCUT2D eigenvalue weighted by Gasteiger charge is 2.28. The van der Waals surface area contributed by atoms with Gasteiger partial charge in [0.2, 0.25) is 5.91 Å². The molecule has 2 amide bonds. The molecule has 1 aliphatic rings. The number of carbonyl (C=O) groups excluding carboxylic acids is 2. The number of H-pyrrole nitrogens is 1. The SMILES string of the molecule is CN1CC(CNC(=O)Cc2c[nH]c3ccccc23)OC1=O. The van der Waals surface area contributed by atoms with Crippen LogP contribution in [0.4, 0.5) is 4.79 Å². The largest absolute Gasteiger partial charge is 0.442 e. The molecule has 1 fully saturated rings. The van der Waals surface area contributed by atoms with E-state index in [1.807, 2.05) is 30.5 Å². The summed E-state index contributed by atoms with van der Waals surface area (Å²) in [5.41, 5.74) is 1.98. The third-order valence-corrected chi connectivity index (χ3v) is 3.61. The highest BCUT2D eigenvalue weighted by molar-refractivity contribution is 5.88. The van der Waals surface area contributed by atoms with Crippen LogP contribution < -0.4 is 5.32 Å². The summed E-state index contributed by atoms with van der Waals surface area (Å²) in [4.78, 5) is 27.9. The molecule has 6 nitrogen and oxygen atoms in total. The third-order valence-electron chi connectivity index (χ3n) is 3.61. The fourth-order valence-corrected chi connectivity index (χ4v) is 2.50. The lowest BCUT2D eigenvalue weighted by Crippen LogP contribution is -2.34. The van der Waals surface area contributed by atoms with Gasteiger partial charge in [-0.05, 0) is 11.6 Å². The van der Waals surface area contributed by atoms with Crippen molar-refractivity contribution in [3.8, 4) is 0 Å². The highest BCUT2D eigenvalue weighted by atomic mass is 16.6. The average molecular weight is 287 g/mol. The second-order valence-corrected chi connectivity index (χ2v) is 5.23. The zero-order chi connectivity index (χ0) is 14.8. The van der Waals surface area contributed by atoms with E-state index in [0.29, 0.717) is 19.5 Å². The zero-order valence-electron chi connectivity index (χ0n) is 11.8. The molecule has 0 radical (unpaired) electrons. The first-order valence-electron chi connectivity index (χ1n) is 6.87. The molecule has 0 aliphatic carbocycles. The van der Waals surface area contributed by atoms with E-state index in [0.717, 1.165) is 16.5 Å². The first kappa shape index (κ1) is 13.5. The number of amides is 2. The summed E-state index contributed by atoms with van der Waals surface area (Å²) in [5, 5.41) is 3.87. The number of fused-ring (bicyclic) bond motifs is 1. The Kier molecular flexibility index (Phi) is 3.51. The predicted octanol–water partition coefficient (Wildman–Crippen LogP) is 1.28. The summed E-state index contributed by atoms with van der Waals surface area (Å²) in [6, 6.07) is 7.87. The van der Waals surface area contributed by atoms with Gasteiger partial charge in [0.1, 0.15) is 6.10 Å². The van der Waals surface area contributed by atoms with Crippen LogP contribution in [0.2, 0.25) is 0 Å². The molecular weight excluding hydrogens is 270 g/mol. The van der Waals surface area contributed by atoms with Gasteiger partial charge < -0.3 is 19.9 Å². The van der Waals surface area contributed by atoms with Gasteiger partial charge in [-0.3, -0.25) is 4.79 Å². The second-order valence-electron chi connectivity index (χ2n) is 5.23. The van der Waals surface area contributed by atoms with Crippen molar-refractivity contribution < 1.29 is 14.3 Å². The molecule has 2 aromatic rings. The van der Waals surface area contributed by atoms with Gasteiger partial charge in [-0.1, -0.05) is 18.2 Å². The normalized spacial score (nSPS) is 18.0. The minimum absolute atomic E-state index is 0.0784. The maximum absolute atomic E-state index is 12.0. The topological polar surface area (TPSA) is 74.4 Å². The van der Waals surface area contributed by atoms with E-state index in [-0.39, 0.29) is 18.1 Å². The maximum atomic E-state index is 12.0. The number of cyclic esters (lactones) is 1. The van der Waals surface area contributed by atoms with Gasteiger partial charge in [0.15, 0.2) is 0 Å². The molecule has 2 heterocycles. The Morgan fingerprint density at radius 1 is 1.48 bits per heavy atom. The van der Waals surface area contributed by atoms with Gasteiger partial charge >= 0.3 is 6.09 Å². The number of hydrogen-bond acceptors (Lipinski definition) is 3. The molecule has 2 N–H and O–H groups in total. The van der Waals surface area contributed by atoms with Crippen molar-refractivity contribution in [3.05, 3.63) is 36.0 Å². The van der Waals surface area contributed by atoms with Crippen LogP contribution in [-0.4, -0.2) is 48.1 Å². The Hall–Kier alpha value is -2.50. The zero-order valence-corrected chi connectivity index (χ0v) is 11.8. The van der Waals surface area contributed by atoms with E-state index in [1.165, 1.54) is 4.90 Å². The smallest absolute Gasteiger partial charge is 0.410 e. The van der Waals surface area contributed by atoms with Crippen molar-refractivity contribution in [1.82, 2.24) is 15.2 Å². The second kappa shape index (κ2) is 5.47. The van der Waals surface area contributed by atoms with E-state index in [1.54, 1.807) is 7.05 Å². The van der Waals surface area contributed by atoms with Gasteiger partial charge in [0.05, 0.1) is 19.5 Å². The number of benzene rings is 1. The van der Waals surface area contributed by atoms with Crippen molar-refractivity contribution in [1.29, 1.82) is 0 Å². The first-order chi connectivity index (χ1) is 10.1. The summed E-state index contributed by atoms with van der Waals surface area (Å²) in [5.74, 6) is -0.0784. The Bertz CT molecular complexity index is 680. The monoisotopic (exact) mass is 287 g/mol. The molecular formula is C15H17N3O3. The molecule has 0 saturated carbocycles. The minimum Gasteiger partial charge on any atom is -0.442 e. The summed E-state index contributed by atoms with van der Waals surface area (Å²) < 4.78 is 5.10. The summed E-state index contributed by atoms with van der Waals surface area (Å²) >= 11 is 0. The van der Waals surface area contributed by atoms with Crippen LogP contribution in [-0.2, 0) is 16.0 Å². The van der Waals surface area contributed by atoms with Crippen molar-refractivity contribution in [2.75, 3.05) is 20.1 Å². The maximum Gasteiger partial charge on any atom is 0.410 e. The van der Waals surface area contributed by atoms with Crippen LogP contribution in [0, 0.1) is 0 Å². The Labute approximate surface area is 122 Å². The molecule has 0 bridgehead atoms. The molecule has 0 spiro atoms. The van der Waals surface area contributed by atoms with Crippen molar-refractivity contribution in [3.63, 3.8) is 0 Å². The molecule has 1 atom stereocenters. The molecule has 1 aromatic heterocycles. The van der Waals surface area contributed by atoms with Crippen LogP contribution in [0.3, 0.4) is 0 Å². The number of rotatable bonds is 4. The van der Waals surface area contributed by atoms with Crippen LogP contribution in [0.5, 0.6) is 0 Å². The lowest BCUT2D eigenvalue weighted by Gasteiger charge is -2.09. The fourth-order valence-electron chi connectivity index (χ4n) is 2.50. The van der Waals surface area contributed by atoms with E-state index < -0.39 is 0 Å². The number of aromatic amines is 1. The van der Waals surface area contributed by atoms with Gasteiger partial charge in [-0.15, -0.1) is 0 Å². The number of likely N-dealkylation sites (N-methyl/N-ethyl adjacent to an activating group) is 1. The van der Waals surface area contributed by atoms with E-state index >= 15 is 0 Å². The van der Waals surface area contributed by atoms with E-state index in [9.17, 15) is 9.59 Å². The van der Waals surface area contributed by atoms with Gasteiger partial charge in [0, 0.05) is 24.1 Å². The Morgan fingerprint density at radius 3 is 3.05 bits per heavy atom. The van der Waals surface area contributed by atoms with Gasteiger partial charge in [-0.25, -0.2) is 4.79 Å². The van der Waals surface area contributed by atoms with Crippen molar-refractivity contribution in [2.24, 2.45) is 0 Å². The van der Waals surface area contributed by atoms with Crippen LogP contribution in [0.25, 0.3) is 10.9 Å². The number of nitrogens with zero attached hydrogens (tertiary/aromatic N) is 1. The molecule has 1 aliphatic heterocycles. The van der Waals surface area contributed by atoms with Crippen LogP contribution in [0.15, 0.2) is 30.5 Å². The molecule has 3 rings (SSSR count). The number of hydrogen-bond donors (Lipinski definition) is 2. The van der Waals surface area contributed by atoms with E-state index in [2.05, 4.69) is 10.3 Å². The minimum atomic E-state index is -0.342. The molecule has 1 saturated heterocycles. The summed E-state index contributed by atoms with van der Waals surface area (Å²) in [7, 11) is 1.68. The number of para-hydroxylation sites is 1. The average Bonchev–Trinajstić information content (AvgIpc) is 3.02. The van der Waals surface area contributed by atoms with Crippen molar-refractivity contribution >= 4 is 22.9 Å². The molecule has 1 aromatic carbocycles. The molecule has 110 valence electrons. The Balaban J connectivity index is 1.56. The summed E-state index contributed by atoms with van der Waals surface area (Å²) in [6.45, 7) is 0.851. The lowest BCUT2D eigenvalue weighted by molar-refractivity contribution is -0.120. The third kappa shape index (κ3) is 2.84. The molecule has 21 heavy (non-hydrogen) atoms. The predicted molar refractivity (Wildman–Crippen MR) is 77.9 cm³/mol. The first-order valence-corrected chi connectivity index (χ1v) is 6.87. The fraction of sp³-hybridized carbons (Fsp3) is 0.333. The van der Waals surface area contributed by atoms with E-state index in [4.69, 9.17) is 4.74 Å². The number of carbonyl (C=O) groups is 2. The van der Waals surface area contributed by atoms with Crippen LogP contribution >= 0.6 is 0 Å². The molecule has 6 heteroatoms. The number of aromatic nitrogens is 1.